The van der Waals surface area contributed by atoms with Crippen LogP contribution in [0.3, 0.4) is 0 Å². The van der Waals surface area contributed by atoms with Crippen LogP contribution in [-0.4, -0.2) is 35.2 Å². The normalized spacial score (nSPS) is 16.0. The van der Waals surface area contributed by atoms with Crippen LogP contribution in [0.5, 0.6) is 0 Å². The lowest BCUT2D eigenvalue weighted by Crippen LogP contribution is -2.46. The Bertz CT molecular complexity index is 511. The summed E-state index contributed by atoms with van der Waals surface area (Å²) in [6.45, 7) is 2.91. The van der Waals surface area contributed by atoms with Gasteiger partial charge < -0.3 is 15.7 Å². The first kappa shape index (κ1) is 15.8. The number of thiazole rings is 1. The van der Waals surface area contributed by atoms with Gasteiger partial charge in [0.15, 0.2) is 0 Å². The number of nitrogens with zero attached hydrogens (tertiary/aromatic N) is 1. The number of carboxylic acids is 1. The number of amides is 2. The van der Waals surface area contributed by atoms with Crippen molar-refractivity contribution in [3.8, 4) is 0 Å². The van der Waals surface area contributed by atoms with Crippen LogP contribution < -0.4 is 10.6 Å². The number of aromatic nitrogens is 1. The van der Waals surface area contributed by atoms with Crippen molar-refractivity contribution < 1.29 is 14.7 Å². The Morgan fingerprint density at radius 3 is 2.71 bits per heavy atom. The summed E-state index contributed by atoms with van der Waals surface area (Å²) in [4.78, 5) is 26.9. The first-order valence-electron chi connectivity index (χ1n) is 7.14. The lowest BCUT2D eigenvalue weighted by molar-refractivity contribution is -0.141. The van der Waals surface area contributed by atoms with E-state index in [9.17, 15) is 9.59 Å². The predicted molar refractivity (Wildman–Crippen MR) is 80.5 cm³/mol. The molecule has 7 heteroatoms. The van der Waals surface area contributed by atoms with Crippen LogP contribution in [0.2, 0.25) is 0 Å². The first-order chi connectivity index (χ1) is 9.99. The highest BCUT2D eigenvalue weighted by Crippen LogP contribution is 2.43. The highest BCUT2D eigenvalue weighted by molar-refractivity contribution is 7.09. The van der Waals surface area contributed by atoms with Crippen molar-refractivity contribution in [3.05, 3.63) is 16.1 Å². The third-order valence-corrected chi connectivity index (χ3v) is 4.88. The molecule has 0 aromatic carbocycles. The summed E-state index contributed by atoms with van der Waals surface area (Å²) in [5.74, 6) is -0.795. The number of rotatable bonds is 7. The number of nitrogens with one attached hydrogen (secondary N) is 2. The Hall–Kier alpha value is -1.63. The van der Waals surface area contributed by atoms with Crippen molar-refractivity contribution in [1.29, 1.82) is 0 Å². The van der Waals surface area contributed by atoms with Gasteiger partial charge in [-0.25, -0.2) is 9.78 Å². The molecule has 1 heterocycles. The Morgan fingerprint density at radius 2 is 2.19 bits per heavy atom. The van der Waals surface area contributed by atoms with E-state index in [1.807, 2.05) is 12.3 Å². The van der Waals surface area contributed by atoms with E-state index < -0.39 is 5.97 Å². The number of urea groups is 1. The van der Waals surface area contributed by atoms with Gasteiger partial charge in [0.25, 0.3) is 0 Å². The van der Waals surface area contributed by atoms with E-state index in [0.29, 0.717) is 19.5 Å². The summed E-state index contributed by atoms with van der Waals surface area (Å²) < 4.78 is 0. The minimum Gasteiger partial charge on any atom is -0.481 e. The van der Waals surface area contributed by atoms with E-state index in [4.69, 9.17) is 5.11 Å². The van der Waals surface area contributed by atoms with Crippen LogP contribution >= 0.6 is 11.3 Å². The molecule has 0 aliphatic heterocycles. The molecule has 116 valence electrons. The maximum absolute atomic E-state index is 11.7. The maximum atomic E-state index is 11.7. The van der Waals surface area contributed by atoms with Gasteiger partial charge in [-0.1, -0.05) is 6.42 Å². The molecule has 0 spiro atoms. The summed E-state index contributed by atoms with van der Waals surface area (Å²) in [5.41, 5.74) is 0.760. The van der Waals surface area contributed by atoms with Crippen LogP contribution in [0.4, 0.5) is 4.79 Å². The minimum absolute atomic E-state index is 0.131. The summed E-state index contributed by atoms with van der Waals surface area (Å²) >= 11 is 1.59. The number of carboxylic acid groups (broad SMARTS) is 1. The van der Waals surface area contributed by atoms with Crippen molar-refractivity contribution in [1.82, 2.24) is 15.6 Å². The molecular formula is C14H21N3O3S. The zero-order valence-corrected chi connectivity index (χ0v) is 13.0. The van der Waals surface area contributed by atoms with E-state index in [1.165, 1.54) is 0 Å². The van der Waals surface area contributed by atoms with Gasteiger partial charge in [0, 0.05) is 30.6 Å². The topological polar surface area (TPSA) is 91.3 Å². The van der Waals surface area contributed by atoms with E-state index in [1.54, 1.807) is 11.3 Å². The van der Waals surface area contributed by atoms with Gasteiger partial charge in [-0.3, -0.25) is 4.79 Å². The lowest BCUT2D eigenvalue weighted by Gasteiger charge is -2.40. The van der Waals surface area contributed by atoms with Crippen LogP contribution in [-0.2, 0) is 11.2 Å². The molecule has 2 rings (SSSR count). The number of aliphatic carboxylic acids is 1. The fourth-order valence-corrected chi connectivity index (χ4v) is 3.32. The number of hydrogen-bond acceptors (Lipinski definition) is 4. The van der Waals surface area contributed by atoms with Crippen molar-refractivity contribution in [2.45, 2.75) is 39.0 Å². The Labute approximate surface area is 128 Å². The molecule has 1 saturated carbocycles. The number of hydrogen-bond donors (Lipinski definition) is 3. The minimum atomic E-state index is -0.795. The Morgan fingerprint density at radius 1 is 1.43 bits per heavy atom. The smallest absolute Gasteiger partial charge is 0.314 e. The predicted octanol–water partition coefficient (Wildman–Crippen LogP) is 1.94. The molecule has 1 aromatic heterocycles. The molecular weight excluding hydrogens is 290 g/mol. The quantitative estimate of drug-likeness (QED) is 0.717. The highest BCUT2D eigenvalue weighted by atomic mass is 32.1. The summed E-state index contributed by atoms with van der Waals surface area (Å²) in [6, 6.07) is -0.236. The zero-order chi connectivity index (χ0) is 15.3. The van der Waals surface area contributed by atoms with Crippen LogP contribution in [0.1, 0.15) is 36.4 Å². The van der Waals surface area contributed by atoms with Gasteiger partial charge in [-0.15, -0.1) is 11.3 Å². The SMILES string of the molecule is Cc1csc(CCNC(=O)NCC2(CC(=O)O)CCC2)n1. The molecule has 21 heavy (non-hydrogen) atoms. The van der Waals surface area contributed by atoms with Crippen LogP contribution in [0.15, 0.2) is 5.38 Å². The van der Waals surface area contributed by atoms with Crippen molar-refractivity contribution in [2.75, 3.05) is 13.1 Å². The molecule has 0 radical (unpaired) electrons. The maximum Gasteiger partial charge on any atom is 0.314 e. The van der Waals surface area contributed by atoms with Gasteiger partial charge in [0.2, 0.25) is 0 Å². The molecule has 0 atom stereocenters. The van der Waals surface area contributed by atoms with E-state index in [-0.39, 0.29) is 17.9 Å². The van der Waals surface area contributed by atoms with Crippen LogP contribution in [0, 0.1) is 12.3 Å². The average Bonchev–Trinajstić information content (AvgIpc) is 2.78. The summed E-state index contributed by atoms with van der Waals surface area (Å²) in [7, 11) is 0. The monoisotopic (exact) mass is 311 g/mol. The molecule has 0 unspecified atom stereocenters. The van der Waals surface area contributed by atoms with Gasteiger partial charge in [0.1, 0.15) is 0 Å². The van der Waals surface area contributed by atoms with Crippen LogP contribution in [0.25, 0.3) is 0 Å². The van der Waals surface area contributed by atoms with Crippen molar-refractivity contribution in [3.63, 3.8) is 0 Å². The molecule has 1 aromatic rings. The van der Waals surface area contributed by atoms with Gasteiger partial charge in [-0.2, -0.15) is 0 Å². The lowest BCUT2D eigenvalue weighted by atomic mass is 9.66. The zero-order valence-electron chi connectivity index (χ0n) is 12.1. The number of aryl methyl sites for hydroxylation is 1. The van der Waals surface area contributed by atoms with E-state index in [2.05, 4.69) is 15.6 Å². The van der Waals surface area contributed by atoms with Gasteiger partial charge in [-0.05, 0) is 25.2 Å². The number of carbonyl (C=O) groups excluding carboxylic acids is 1. The second kappa shape index (κ2) is 6.89. The fraction of sp³-hybridized carbons (Fsp3) is 0.643. The molecule has 6 nitrogen and oxygen atoms in total. The second-order valence-corrected chi connectivity index (χ2v) is 6.61. The molecule has 2 amide bonds. The third kappa shape index (κ3) is 4.70. The Balaban J connectivity index is 1.66. The fourth-order valence-electron chi connectivity index (χ4n) is 2.54. The number of carbonyl (C=O) groups is 2. The molecule has 1 aliphatic rings. The standard InChI is InChI=1S/C14H21N3O3S/c1-10-8-21-11(17-10)3-6-15-13(20)16-9-14(4-2-5-14)7-12(18)19/h8H,2-7,9H2,1H3,(H,18,19)(H2,15,16,20). The Kier molecular flexibility index (Phi) is 5.17. The van der Waals surface area contributed by atoms with Gasteiger partial charge >= 0.3 is 12.0 Å². The van der Waals surface area contributed by atoms with E-state index >= 15 is 0 Å². The summed E-state index contributed by atoms with van der Waals surface area (Å²) in [5, 5.41) is 17.5. The molecule has 1 fully saturated rings. The van der Waals surface area contributed by atoms with E-state index in [0.717, 1.165) is 30.0 Å². The molecule has 0 saturated heterocycles. The first-order valence-corrected chi connectivity index (χ1v) is 8.02. The van der Waals surface area contributed by atoms with Gasteiger partial charge in [0.05, 0.1) is 11.4 Å². The van der Waals surface area contributed by atoms with Crippen molar-refractivity contribution >= 4 is 23.3 Å². The third-order valence-electron chi connectivity index (χ3n) is 3.86. The molecule has 3 N–H and O–H groups in total. The van der Waals surface area contributed by atoms with Crippen molar-refractivity contribution in [2.24, 2.45) is 5.41 Å². The average molecular weight is 311 g/mol. The second-order valence-electron chi connectivity index (χ2n) is 5.67. The molecule has 0 bridgehead atoms. The molecule has 1 aliphatic carbocycles. The largest absolute Gasteiger partial charge is 0.481 e. The summed E-state index contributed by atoms with van der Waals surface area (Å²) in [6.07, 6.45) is 3.63. The highest BCUT2D eigenvalue weighted by Gasteiger charge is 2.39.